The van der Waals surface area contributed by atoms with Crippen molar-refractivity contribution in [2.75, 3.05) is 4.90 Å². The molecule has 1 saturated heterocycles. The molecule has 0 radical (unpaired) electrons. The number of halogens is 1. The highest BCUT2D eigenvalue weighted by Crippen LogP contribution is 2.44. The number of nitrogens with one attached hydrogen (secondary N) is 1. The van der Waals surface area contributed by atoms with E-state index in [0.29, 0.717) is 15.8 Å². The fourth-order valence-corrected chi connectivity index (χ4v) is 4.04. The quantitative estimate of drug-likeness (QED) is 0.645. The largest absolute Gasteiger partial charge is 0.506 e. The molecule has 4 rings (SSSR count). The molecular formula is C20H19ClN4OS. The van der Waals surface area contributed by atoms with Crippen LogP contribution in [0.2, 0.25) is 5.02 Å². The van der Waals surface area contributed by atoms with Crippen LogP contribution in [0.15, 0.2) is 54.7 Å². The van der Waals surface area contributed by atoms with Crippen molar-refractivity contribution in [2.45, 2.75) is 19.0 Å². The highest BCUT2D eigenvalue weighted by molar-refractivity contribution is 7.80. The van der Waals surface area contributed by atoms with E-state index >= 15 is 0 Å². The van der Waals surface area contributed by atoms with Crippen molar-refractivity contribution in [2.24, 2.45) is 7.05 Å². The van der Waals surface area contributed by atoms with Crippen LogP contribution in [0.25, 0.3) is 0 Å². The maximum absolute atomic E-state index is 10.5. The number of phenols is 1. The van der Waals surface area contributed by atoms with E-state index < -0.39 is 0 Å². The SMILES string of the molecule is Cc1ccc([C@@H]2[C@@H](c3ccccn3)NC(=S)N2c2cc(Cl)ccc2O)n1C. The lowest BCUT2D eigenvalue weighted by Crippen LogP contribution is -2.30. The number of nitrogens with zero attached hydrogens (tertiary/aromatic N) is 3. The second-order valence-electron chi connectivity index (χ2n) is 6.59. The van der Waals surface area contributed by atoms with Crippen LogP contribution in [0, 0.1) is 6.92 Å². The first-order chi connectivity index (χ1) is 13.0. The van der Waals surface area contributed by atoms with Gasteiger partial charge in [-0.15, -0.1) is 0 Å². The van der Waals surface area contributed by atoms with Crippen LogP contribution in [0.3, 0.4) is 0 Å². The van der Waals surface area contributed by atoms with Crippen molar-refractivity contribution in [3.8, 4) is 5.75 Å². The fraction of sp³-hybridized carbons (Fsp3) is 0.200. The van der Waals surface area contributed by atoms with Crippen LogP contribution in [-0.4, -0.2) is 19.8 Å². The summed E-state index contributed by atoms with van der Waals surface area (Å²) in [5, 5.41) is 14.9. The van der Waals surface area contributed by atoms with E-state index in [4.69, 9.17) is 23.8 Å². The van der Waals surface area contributed by atoms with Gasteiger partial charge in [0.15, 0.2) is 5.11 Å². The van der Waals surface area contributed by atoms with Crippen molar-refractivity contribution < 1.29 is 5.11 Å². The van der Waals surface area contributed by atoms with Gasteiger partial charge in [0.1, 0.15) is 11.8 Å². The first kappa shape index (κ1) is 17.8. The lowest BCUT2D eigenvalue weighted by atomic mass is 10.0. The summed E-state index contributed by atoms with van der Waals surface area (Å²) in [6.45, 7) is 2.06. The Kier molecular flexibility index (Phi) is 4.53. The number of benzene rings is 1. The van der Waals surface area contributed by atoms with Gasteiger partial charge in [0.25, 0.3) is 0 Å². The molecule has 0 aliphatic carbocycles. The Balaban J connectivity index is 1.90. The minimum absolute atomic E-state index is 0.126. The number of phenolic OH excluding ortho intramolecular Hbond substituents is 1. The van der Waals surface area contributed by atoms with E-state index in [1.807, 2.05) is 30.1 Å². The molecule has 7 heteroatoms. The molecule has 0 bridgehead atoms. The molecular weight excluding hydrogens is 380 g/mol. The first-order valence-corrected chi connectivity index (χ1v) is 9.37. The Morgan fingerprint density at radius 3 is 2.67 bits per heavy atom. The van der Waals surface area contributed by atoms with Gasteiger partial charge in [0.2, 0.25) is 0 Å². The predicted molar refractivity (Wildman–Crippen MR) is 111 cm³/mol. The summed E-state index contributed by atoms with van der Waals surface area (Å²) in [7, 11) is 2.03. The maximum Gasteiger partial charge on any atom is 0.174 e. The van der Waals surface area contributed by atoms with Crippen molar-refractivity contribution in [3.05, 3.63) is 76.8 Å². The number of aryl methyl sites for hydroxylation is 1. The molecule has 5 nitrogen and oxygen atoms in total. The van der Waals surface area contributed by atoms with Crippen LogP contribution in [-0.2, 0) is 7.05 Å². The predicted octanol–water partition coefficient (Wildman–Crippen LogP) is 4.26. The molecule has 2 atom stereocenters. The van der Waals surface area contributed by atoms with E-state index in [-0.39, 0.29) is 17.8 Å². The molecule has 0 unspecified atom stereocenters. The zero-order valence-corrected chi connectivity index (χ0v) is 16.5. The van der Waals surface area contributed by atoms with Gasteiger partial charge < -0.3 is 19.9 Å². The third kappa shape index (κ3) is 3.05. The van der Waals surface area contributed by atoms with Crippen molar-refractivity contribution in [1.29, 1.82) is 0 Å². The van der Waals surface area contributed by atoms with Gasteiger partial charge in [-0.25, -0.2) is 0 Å². The summed E-state index contributed by atoms with van der Waals surface area (Å²) in [6, 6.07) is 14.6. The second kappa shape index (κ2) is 6.87. The smallest absolute Gasteiger partial charge is 0.174 e. The molecule has 0 amide bonds. The molecule has 27 heavy (non-hydrogen) atoms. The molecule has 1 fully saturated rings. The summed E-state index contributed by atoms with van der Waals surface area (Å²) in [5.41, 5.74) is 3.66. The van der Waals surface area contributed by atoms with Gasteiger partial charge >= 0.3 is 0 Å². The molecule has 2 N–H and O–H groups in total. The number of thiocarbonyl (C=S) groups is 1. The van der Waals surface area contributed by atoms with Crippen molar-refractivity contribution in [3.63, 3.8) is 0 Å². The number of aromatic nitrogens is 2. The Hall–Kier alpha value is -2.57. The zero-order valence-electron chi connectivity index (χ0n) is 14.9. The molecule has 0 spiro atoms. The third-order valence-electron chi connectivity index (χ3n) is 5.01. The third-order valence-corrected chi connectivity index (χ3v) is 5.56. The van der Waals surface area contributed by atoms with Crippen LogP contribution in [0.5, 0.6) is 5.75 Å². The number of hydrogen-bond donors (Lipinski definition) is 2. The average molecular weight is 399 g/mol. The minimum atomic E-state index is -0.185. The monoisotopic (exact) mass is 398 g/mol. The van der Waals surface area contributed by atoms with E-state index in [0.717, 1.165) is 17.1 Å². The van der Waals surface area contributed by atoms with Gasteiger partial charge in [0, 0.05) is 29.7 Å². The Morgan fingerprint density at radius 1 is 1.19 bits per heavy atom. The minimum Gasteiger partial charge on any atom is -0.506 e. The zero-order chi connectivity index (χ0) is 19.1. The number of aromatic hydroxyl groups is 1. The molecule has 3 heterocycles. The summed E-state index contributed by atoms with van der Waals surface area (Å²) in [6.07, 6.45) is 1.77. The Bertz CT molecular complexity index is 1000. The highest BCUT2D eigenvalue weighted by Gasteiger charge is 2.42. The van der Waals surface area contributed by atoms with Crippen molar-refractivity contribution in [1.82, 2.24) is 14.9 Å². The number of hydrogen-bond acceptors (Lipinski definition) is 3. The summed E-state index contributed by atoms with van der Waals surface area (Å²) in [4.78, 5) is 6.45. The average Bonchev–Trinajstić information content (AvgIpc) is 3.17. The van der Waals surface area contributed by atoms with Crippen LogP contribution in [0.4, 0.5) is 5.69 Å². The van der Waals surface area contributed by atoms with Gasteiger partial charge in [-0.2, -0.15) is 0 Å². The van der Waals surface area contributed by atoms with Gasteiger partial charge in [-0.05, 0) is 61.6 Å². The molecule has 1 aliphatic rings. The Morgan fingerprint density at radius 2 is 2.00 bits per heavy atom. The maximum atomic E-state index is 10.5. The van der Waals surface area contributed by atoms with E-state index in [1.165, 1.54) is 0 Å². The van der Waals surface area contributed by atoms with E-state index in [1.54, 1.807) is 24.4 Å². The molecule has 1 aliphatic heterocycles. The number of rotatable bonds is 3. The van der Waals surface area contributed by atoms with Gasteiger partial charge in [0.05, 0.1) is 17.4 Å². The van der Waals surface area contributed by atoms with Gasteiger partial charge in [-0.3, -0.25) is 4.98 Å². The fourth-order valence-electron chi connectivity index (χ4n) is 3.53. The molecule has 138 valence electrons. The molecule has 1 aromatic carbocycles. The molecule has 2 aromatic heterocycles. The van der Waals surface area contributed by atoms with Crippen LogP contribution >= 0.6 is 23.8 Å². The van der Waals surface area contributed by atoms with Crippen LogP contribution < -0.4 is 10.2 Å². The van der Waals surface area contributed by atoms with Gasteiger partial charge in [-0.1, -0.05) is 17.7 Å². The first-order valence-electron chi connectivity index (χ1n) is 8.59. The lowest BCUT2D eigenvalue weighted by Gasteiger charge is -2.29. The van der Waals surface area contributed by atoms with Crippen LogP contribution in [0.1, 0.15) is 29.2 Å². The topological polar surface area (TPSA) is 53.3 Å². The summed E-state index contributed by atoms with van der Waals surface area (Å²) in [5.74, 6) is 0.126. The molecule has 0 saturated carbocycles. The van der Waals surface area contributed by atoms with E-state index in [9.17, 15) is 5.11 Å². The Labute approximate surface area is 168 Å². The summed E-state index contributed by atoms with van der Waals surface area (Å²) >= 11 is 11.9. The standard InChI is InChI=1S/C20H19ClN4OS/c1-12-6-8-15(24(12)2)19-18(14-5-3-4-10-22-14)23-20(27)25(19)16-11-13(21)7-9-17(16)26/h3-11,18-19,26H,1-2H3,(H,23,27)/t18-,19-/m1/s1. The van der Waals surface area contributed by atoms with E-state index in [2.05, 4.69) is 33.9 Å². The number of anilines is 1. The second-order valence-corrected chi connectivity index (χ2v) is 7.41. The normalized spacial score (nSPS) is 19.4. The lowest BCUT2D eigenvalue weighted by molar-refractivity contribution is 0.471. The summed E-state index contributed by atoms with van der Waals surface area (Å²) < 4.78 is 2.13. The molecule has 3 aromatic rings. The van der Waals surface area contributed by atoms with Crippen molar-refractivity contribution >= 4 is 34.6 Å². The highest BCUT2D eigenvalue weighted by atomic mass is 35.5. The number of pyridine rings is 1.